The summed E-state index contributed by atoms with van der Waals surface area (Å²) in [4.78, 5) is 22.7. The second kappa shape index (κ2) is 6.65. The van der Waals surface area contributed by atoms with Crippen molar-refractivity contribution in [3.05, 3.63) is 12.7 Å². The van der Waals surface area contributed by atoms with Gasteiger partial charge in [-0.3, -0.25) is 4.57 Å². The van der Waals surface area contributed by atoms with E-state index in [0.717, 1.165) is 0 Å². The Kier molecular flexibility index (Phi) is 4.57. The maximum absolute atomic E-state index is 10.5. The number of aliphatic hydroxyl groups is 3. The fraction of sp³-hybridized carbons (Fsp3) is 0.538. The van der Waals surface area contributed by atoms with Crippen molar-refractivity contribution in [2.75, 3.05) is 18.5 Å². The summed E-state index contributed by atoms with van der Waals surface area (Å²) in [6, 6.07) is 0. The Balaban J connectivity index is 1.87. The third kappa shape index (κ3) is 2.89. The lowest BCUT2D eigenvalue weighted by Crippen LogP contribution is -2.33. The lowest BCUT2D eigenvalue weighted by Gasteiger charge is -2.16. The zero-order valence-corrected chi connectivity index (χ0v) is 12.4. The monoisotopic (exact) mass is 338 g/mol. The average Bonchev–Trinajstić information content (AvgIpc) is 3.10. The number of aliphatic carboxylic acids is 1. The number of imidazole rings is 1. The Morgan fingerprint density at radius 3 is 2.79 bits per heavy atom. The summed E-state index contributed by atoms with van der Waals surface area (Å²) in [6.07, 6.45) is -1.95. The number of carboxylic acid groups (broad SMARTS) is 1. The molecule has 3 heterocycles. The predicted molar refractivity (Wildman–Crippen MR) is 76.4 cm³/mol. The second-order valence-corrected chi connectivity index (χ2v) is 5.32. The fourth-order valence-electron chi connectivity index (χ4n) is 2.56. The number of hydrogen-bond donors (Lipinski definition) is 4. The standard InChI is InChI=1S/C13H17N5O6/c19-3-6-9(22)10(23)13(24-6)18-5-17-8-11(14-2-1-7(20)21)15-4-16-12(8)18/h4-6,9-10,13,19,22-23H,1-3H2,(H,20,21)(H,14,15,16)/p-1/t6-,9+,10+,13+/m0/s1. The molecule has 0 spiro atoms. The number of rotatable bonds is 6. The van der Waals surface area contributed by atoms with Crippen LogP contribution in [0.1, 0.15) is 12.6 Å². The zero-order valence-electron chi connectivity index (χ0n) is 12.4. The molecule has 3 rings (SSSR count). The van der Waals surface area contributed by atoms with E-state index in [2.05, 4.69) is 20.3 Å². The van der Waals surface area contributed by atoms with Crippen LogP contribution in [0.5, 0.6) is 0 Å². The summed E-state index contributed by atoms with van der Waals surface area (Å²) in [5.74, 6) is -0.864. The Morgan fingerprint density at radius 2 is 2.12 bits per heavy atom. The van der Waals surface area contributed by atoms with Crippen molar-refractivity contribution in [1.29, 1.82) is 0 Å². The Morgan fingerprint density at radius 1 is 1.33 bits per heavy atom. The van der Waals surface area contributed by atoms with E-state index in [1.54, 1.807) is 0 Å². The van der Waals surface area contributed by atoms with Gasteiger partial charge in [0.1, 0.15) is 24.6 Å². The number of nitrogens with zero attached hydrogens (tertiary/aromatic N) is 4. The van der Waals surface area contributed by atoms with Gasteiger partial charge in [0.25, 0.3) is 0 Å². The minimum atomic E-state index is -1.26. The molecule has 24 heavy (non-hydrogen) atoms. The number of carboxylic acids is 1. The number of aromatic nitrogens is 4. The average molecular weight is 338 g/mol. The van der Waals surface area contributed by atoms with E-state index in [9.17, 15) is 20.1 Å². The van der Waals surface area contributed by atoms with E-state index in [-0.39, 0.29) is 13.0 Å². The van der Waals surface area contributed by atoms with Crippen molar-refractivity contribution in [3.63, 3.8) is 0 Å². The molecule has 1 saturated heterocycles. The topological polar surface area (TPSA) is 166 Å². The highest BCUT2D eigenvalue weighted by Gasteiger charge is 2.44. The molecule has 1 fully saturated rings. The number of aliphatic hydroxyl groups excluding tert-OH is 3. The summed E-state index contributed by atoms with van der Waals surface area (Å²) in [5, 5.41) is 42.4. The molecule has 0 bridgehead atoms. The molecule has 0 aliphatic carbocycles. The summed E-state index contributed by atoms with van der Waals surface area (Å²) >= 11 is 0. The molecule has 1 aliphatic heterocycles. The molecule has 2 aromatic rings. The molecular formula is C13H16N5O6-. The molecule has 0 saturated carbocycles. The minimum Gasteiger partial charge on any atom is -0.550 e. The van der Waals surface area contributed by atoms with Crippen molar-refractivity contribution in [1.82, 2.24) is 19.5 Å². The van der Waals surface area contributed by atoms with Gasteiger partial charge in [0.15, 0.2) is 23.2 Å². The van der Waals surface area contributed by atoms with Crippen LogP contribution in [0.2, 0.25) is 0 Å². The SMILES string of the molecule is O=C([O-])CCNc1ncnc2c1ncn2[C@@H]1O[C@@H](CO)[C@@H](O)[C@H]1O. The van der Waals surface area contributed by atoms with Gasteiger partial charge in [-0.15, -0.1) is 0 Å². The molecule has 130 valence electrons. The summed E-state index contributed by atoms with van der Waals surface area (Å²) in [5.41, 5.74) is 0.685. The van der Waals surface area contributed by atoms with Crippen molar-refractivity contribution in [2.45, 2.75) is 31.0 Å². The van der Waals surface area contributed by atoms with Gasteiger partial charge >= 0.3 is 0 Å². The van der Waals surface area contributed by atoms with Crippen LogP contribution in [0.25, 0.3) is 11.2 Å². The molecule has 0 radical (unpaired) electrons. The van der Waals surface area contributed by atoms with Crippen LogP contribution in [0, 0.1) is 0 Å². The van der Waals surface area contributed by atoms with Gasteiger partial charge in [-0.2, -0.15) is 0 Å². The molecule has 0 amide bonds. The first-order valence-electron chi connectivity index (χ1n) is 7.26. The molecule has 2 aromatic heterocycles. The molecule has 11 heteroatoms. The molecule has 0 unspecified atom stereocenters. The van der Waals surface area contributed by atoms with E-state index in [4.69, 9.17) is 9.84 Å². The van der Waals surface area contributed by atoms with Crippen LogP contribution in [0.4, 0.5) is 5.82 Å². The molecule has 4 N–H and O–H groups in total. The van der Waals surface area contributed by atoms with Gasteiger partial charge in [0.05, 0.1) is 12.9 Å². The van der Waals surface area contributed by atoms with Gasteiger partial charge in [-0.1, -0.05) is 0 Å². The van der Waals surface area contributed by atoms with Crippen LogP contribution in [0.15, 0.2) is 12.7 Å². The maximum Gasteiger partial charge on any atom is 0.167 e. The third-order valence-corrected chi connectivity index (χ3v) is 3.77. The van der Waals surface area contributed by atoms with Gasteiger partial charge in [-0.05, 0) is 0 Å². The lowest BCUT2D eigenvalue weighted by molar-refractivity contribution is -0.305. The number of anilines is 1. The largest absolute Gasteiger partial charge is 0.550 e. The molecule has 11 nitrogen and oxygen atoms in total. The number of hydrogen-bond acceptors (Lipinski definition) is 10. The first-order chi connectivity index (χ1) is 11.5. The van der Waals surface area contributed by atoms with E-state index in [0.29, 0.717) is 17.0 Å². The number of carbonyl (C=O) groups is 1. The first-order valence-corrected chi connectivity index (χ1v) is 7.26. The number of fused-ring (bicyclic) bond motifs is 1. The number of ether oxygens (including phenoxy) is 1. The highest BCUT2D eigenvalue weighted by Crippen LogP contribution is 2.31. The van der Waals surface area contributed by atoms with E-state index in [1.165, 1.54) is 17.2 Å². The minimum absolute atomic E-state index is 0.106. The van der Waals surface area contributed by atoms with E-state index in [1.807, 2.05) is 0 Å². The molecule has 0 aromatic carbocycles. The Hall–Kier alpha value is -2.34. The van der Waals surface area contributed by atoms with Crippen LogP contribution in [-0.4, -0.2) is 72.3 Å². The molecular weight excluding hydrogens is 322 g/mol. The predicted octanol–water partition coefficient (Wildman–Crippen LogP) is -3.01. The quantitative estimate of drug-likeness (QED) is 0.426. The fourth-order valence-corrected chi connectivity index (χ4v) is 2.56. The van der Waals surface area contributed by atoms with Gasteiger partial charge in [0, 0.05) is 18.9 Å². The van der Waals surface area contributed by atoms with Crippen molar-refractivity contribution in [2.24, 2.45) is 0 Å². The lowest BCUT2D eigenvalue weighted by atomic mass is 10.1. The molecule has 1 aliphatic rings. The van der Waals surface area contributed by atoms with E-state index >= 15 is 0 Å². The van der Waals surface area contributed by atoms with Crippen LogP contribution < -0.4 is 10.4 Å². The molecule has 4 atom stereocenters. The van der Waals surface area contributed by atoms with Crippen molar-refractivity contribution in [3.8, 4) is 0 Å². The van der Waals surface area contributed by atoms with Gasteiger partial charge < -0.3 is 35.3 Å². The van der Waals surface area contributed by atoms with Crippen LogP contribution >= 0.6 is 0 Å². The van der Waals surface area contributed by atoms with Gasteiger partial charge in [0.2, 0.25) is 0 Å². The highest BCUT2D eigenvalue weighted by atomic mass is 16.6. The number of nitrogens with one attached hydrogen (secondary N) is 1. The third-order valence-electron chi connectivity index (χ3n) is 3.77. The smallest absolute Gasteiger partial charge is 0.167 e. The van der Waals surface area contributed by atoms with Crippen LogP contribution in [-0.2, 0) is 9.53 Å². The van der Waals surface area contributed by atoms with Crippen molar-refractivity contribution < 1.29 is 30.0 Å². The zero-order chi connectivity index (χ0) is 17.3. The Labute approximate surface area is 135 Å². The second-order valence-electron chi connectivity index (χ2n) is 5.32. The summed E-state index contributed by atoms with van der Waals surface area (Å²) in [7, 11) is 0. The van der Waals surface area contributed by atoms with Crippen LogP contribution in [0.3, 0.4) is 0 Å². The normalized spacial score (nSPS) is 26.8. The maximum atomic E-state index is 10.5. The van der Waals surface area contributed by atoms with E-state index < -0.39 is 37.1 Å². The van der Waals surface area contributed by atoms with Crippen molar-refractivity contribution >= 4 is 23.0 Å². The Bertz CT molecular complexity index is 737. The summed E-state index contributed by atoms with van der Waals surface area (Å²) < 4.78 is 6.87. The summed E-state index contributed by atoms with van der Waals surface area (Å²) in [6.45, 7) is -0.332. The first kappa shape index (κ1) is 16.5. The highest BCUT2D eigenvalue weighted by molar-refractivity contribution is 5.82. The number of carbonyl (C=O) groups excluding carboxylic acids is 1. The van der Waals surface area contributed by atoms with Gasteiger partial charge in [-0.25, -0.2) is 15.0 Å².